The first-order valence-corrected chi connectivity index (χ1v) is 6.67. The molecule has 0 aliphatic carbocycles. The van der Waals surface area contributed by atoms with Gasteiger partial charge < -0.3 is 5.32 Å². The summed E-state index contributed by atoms with van der Waals surface area (Å²) < 4.78 is 14.5. The Morgan fingerprint density at radius 3 is 2.72 bits per heavy atom. The van der Waals surface area contributed by atoms with Crippen LogP contribution in [0.2, 0.25) is 5.02 Å². The van der Waals surface area contributed by atoms with Crippen LogP contribution in [0.4, 0.5) is 10.1 Å². The second kappa shape index (κ2) is 5.72. The fourth-order valence-electron chi connectivity index (χ4n) is 1.63. The zero-order valence-corrected chi connectivity index (χ0v) is 12.1. The van der Waals surface area contributed by atoms with Gasteiger partial charge in [-0.25, -0.2) is 4.39 Å². The summed E-state index contributed by atoms with van der Waals surface area (Å²) in [5.41, 5.74) is 2.56. The Morgan fingerprint density at radius 1 is 1.22 bits per heavy atom. The molecule has 18 heavy (non-hydrogen) atoms. The standard InChI is InChI=1S/C14H12BrClFN/c1-9-2-5-13(17)14(6-9)18-8-10-3-4-11(16)7-12(10)15/h2-7,18H,8H2,1H3. The van der Waals surface area contributed by atoms with Crippen LogP contribution in [0.5, 0.6) is 0 Å². The van der Waals surface area contributed by atoms with Crippen LogP contribution in [0, 0.1) is 12.7 Å². The van der Waals surface area contributed by atoms with Crippen molar-refractivity contribution in [1.29, 1.82) is 0 Å². The molecule has 0 saturated carbocycles. The average Bonchev–Trinajstić information content (AvgIpc) is 2.32. The minimum Gasteiger partial charge on any atom is -0.379 e. The number of anilines is 1. The van der Waals surface area contributed by atoms with Gasteiger partial charge in [-0.1, -0.05) is 39.7 Å². The van der Waals surface area contributed by atoms with Crippen LogP contribution in [0.3, 0.4) is 0 Å². The summed E-state index contributed by atoms with van der Waals surface area (Å²) in [5, 5.41) is 3.76. The Balaban J connectivity index is 2.13. The molecule has 94 valence electrons. The minimum atomic E-state index is -0.245. The van der Waals surface area contributed by atoms with Gasteiger partial charge in [0.05, 0.1) is 5.69 Å². The SMILES string of the molecule is Cc1ccc(F)c(NCc2ccc(Cl)cc2Br)c1. The van der Waals surface area contributed by atoms with Crippen molar-refractivity contribution in [2.75, 3.05) is 5.32 Å². The second-order valence-corrected chi connectivity index (χ2v) is 5.36. The molecule has 0 unspecified atom stereocenters. The highest BCUT2D eigenvalue weighted by atomic mass is 79.9. The lowest BCUT2D eigenvalue weighted by Crippen LogP contribution is -2.02. The van der Waals surface area contributed by atoms with Gasteiger partial charge >= 0.3 is 0 Å². The monoisotopic (exact) mass is 327 g/mol. The molecule has 0 aliphatic rings. The molecule has 2 rings (SSSR count). The highest BCUT2D eigenvalue weighted by molar-refractivity contribution is 9.10. The Morgan fingerprint density at radius 2 is 2.00 bits per heavy atom. The van der Waals surface area contributed by atoms with Crippen molar-refractivity contribution in [3.8, 4) is 0 Å². The smallest absolute Gasteiger partial charge is 0.146 e. The molecule has 0 bridgehead atoms. The molecule has 2 aromatic carbocycles. The Hall–Kier alpha value is -1.06. The van der Waals surface area contributed by atoms with Gasteiger partial charge in [-0.2, -0.15) is 0 Å². The molecule has 1 nitrogen and oxygen atoms in total. The van der Waals surface area contributed by atoms with Crippen molar-refractivity contribution in [2.24, 2.45) is 0 Å². The Labute approximate surface area is 119 Å². The van der Waals surface area contributed by atoms with Gasteiger partial charge in [-0.15, -0.1) is 0 Å². The number of nitrogens with one attached hydrogen (secondary N) is 1. The maximum Gasteiger partial charge on any atom is 0.146 e. The molecular formula is C14H12BrClFN. The number of aryl methyl sites for hydroxylation is 1. The Bertz CT molecular complexity index is 572. The maximum absolute atomic E-state index is 13.5. The van der Waals surface area contributed by atoms with E-state index in [0.717, 1.165) is 15.6 Å². The maximum atomic E-state index is 13.5. The molecule has 0 aliphatic heterocycles. The van der Waals surface area contributed by atoms with Gasteiger partial charge in [0.15, 0.2) is 0 Å². The number of halogens is 3. The number of hydrogen-bond donors (Lipinski definition) is 1. The van der Waals surface area contributed by atoms with Gasteiger partial charge in [0.1, 0.15) is 5.82 Å². The van der Waals surface area contributed by atoms with E-state index in [1.54, 1.807) is 12.1 Å². The van der Waals surface area contributed by atoms with Crippen LogP contribution in [0.15, 0.2) is 40.9 Å². The molecule has 4 heteroatoms. The summed E-state index contributed by atoms with van der Waals surface area (Å²) in [4.78, 5) is 0. The van der Waals surface area contributed by atoms with Crippen LogP contribution in [0.25, 0.3) is 0 Å². The van der Waals surface area contributed by atoms with Crippen molar-refractivity contribution in [3.05, 3.63) is 62.8 Å². The molecule has 0 heterocycles. The topological polar surface area (TPSA) is 12.0 Å². The van der Waals surface area contributed by atoms with Gasteiger partial charge in [0.2, 0.25) is 0 Å². The van der Waals surface area contributed by atoms with Crippen LogP contribution < -0.4 is 5.32 Å². The van der Waals surface area contributed by atoms with E-state index in [9.17, 15) is 4.39 Å². The lowest BCUT2D eigenvalue weighted by atomic mass is 10.2. The van der Waals surface area contributed by atoms with Crippen LogP contribution in [0.1, 0.15) is 11.1 Å². The summed E-state index contributed by atoms with van der Waals surface area (Å²) in [7, 11) is 0. The van der Waals surface area contributed by atoms with E-state index in [-0.39, 0.29) is 5.82 Å². The lowest BCUT2D eigenvalue weighted by molar-refractivity contribution is 0.629. The number of hydrogen-bond acceptors (Lipinski definition) is 1. The van der Waals surface area contributed by atoms with E-state index in [0.29, 0.717) is 17.3 Å². The lowest BCUT2D eigenvalue weighted by Gasteiger charge is -2.10. The fourth-order valence-corrected chi connectivity index (χ4v) is 2.45. The number of benzene rings is 2. The summed E-state index contributed by atoms with van der Waals surface area (Å²) >= 11 is 9.31. The summed E-state index contributed by atoms with van der Waals surface area (Å²) in [6.07, 6.45) is 0. The molecule has 0 radical (unpaired) electrons. The quantitative estimate of drug-likeness (QED) is 0.820. The van der Waals surface area contributed by atoms with Crippen molar-refractivity contribution in [3.63, 3.8) is 0 Å². The molecule has 2 aromatic rings. The van der Waals surface area contributed by atoms with Crippen molar-refractivity contribution >= 4 is 33.2 Å². The summed E-state index contributed by atoms with van der Waals surface area (Å²) in [5.74, 6) is -0.245. The first-order chi connectivity index (χ1) is 8.56. The van der Waals surface area contributed by atoms with Crippen LogP contribution >= 0.6 is 27.5 Å². The molecule has 0 aromatic heterocycles. The highest BCUT2D eigenvalue weighted by Crippen LogP contribution is 2.23. The third kappa shape index (κ3) is 3.24. The predicted octanol–water partition coefficient (Wildman–Crippen LogP) is 5.16. The fraction of sp³-hybridized carbons (Fsp3) is 0.143. The van der Waals surface area contributed by atoms with Gasteiger partial charge in [-0.3, -0.25) is 0 Å². The average molecular weight is 329 g/mol. The zero-order chi connectivity index (χ0) is 13.1. The zero-order valence-electron chi connectivity index (χ0n) is 9.81. The first kappa shape index (κ1) is 13.4. The van der Waals surface area contributed by atoms with Crippen molar-refractivity contribution in [2.45, 2.75) is 13.5 Å². The van der Waals surface area contributed by atoms with E-state index in [2.05, 4.69) is 21.2 Å². The third-order valence-electron chi connectivity index (χ3n) is 2.61. The largest absolute Gasteiger partial charge is 0.379 e. The number of rotatable bonds is 3. The molecule has 0 atom stereocenters. The van der Waals surface area contributed by atoms with Crippen LogP contribution in [-0.4, -0.2) is 0 Å². The predicted molar refractivity (Wildman–Crippen MR) is 77.6 cm³/mol. The first-order valence-electron chi connectivity index (χ1n) is 5.50. The van der Waals surface area contributed by atoms with Gasteiger partial charge in [0.25, 0.3) is 0 Å². The molecule has 1 N–H and O–H groups in total. The van der Waals surface area contributed by atoms with Gasteiger partial charge in [-0.05, 0) is 42.3 Å². The van der Waals surface area contributed by atoms with Crippen molar-refractivity contribution < 1.29 is 4.39 Å². The highest BCUT2D eigenvalue weighted by Gasteiger charge is 2.04. The van der Waals surface area contributed by atoms with Crippen molar-refractivity contribution in [1.82, 2.24) is 0 Å². The summed E-state index contributed by atoms with van der Waals surface area (Å²) in [6, 6.07) is 10.6. The molecule has 0 saturated heterocycles. The van der Waals surface area contributed by atoms with E-state index in [1.807, 2.05) is 25.1 Å². The van der Waals surface area contributed by atoms with Gasteiger partial charge in [0, 0.05) is 16.0 Å². The molecular weight excluding hydrogens is 317 g/mol. The van der Waals surface area contributed by atoms with E-state index in [1.165, 1.54) is 6.07 Å². The summed E-state index contributed by atoms with van der Waals surface area (Å²) in [6.45, 7) is 2.47. The third-order valence-corrected chi connectivity index (χ3v) is 3.58. The Kier molecular flexibility index (Phi) is 4.25. The van der Waals surface area contributed by atoms with Crippen LogP contribution in [-0.2, 0) is 6.54 Å². The second-order valence-electron chi connectivity index (χ2n) is 4.07. The van der Waals surface area contributed by atoms with E-state index < -0.39 is 0 Å². The van der Waals surface area contributed by atoms with E-state index in [4.69, 9.17) is 11.6 Å². The molecule has 0 fully saturated rings. The molecule has 0 amide bonds. The van der Waals surface area contributed by atoms with E-state index >= 15 is 0 Å². The minimum absolute atomic E-state index is 0.245. The normalized spacial score (nSPS) is 10.4. The molecule has 0 spiro atoms.